The van der Waals surface area contributed by atoms with E-state index in [1.54, 1.807) is 18.1 Å². The van der Waals surface area contributed by atoms with Crippen molar-refractivity contribution in [3.05, 3.63) is 71.7 Å². The molecule has 0 aliphatic heterocycles. The molecule has 134 valence electrons. The predicted octanol–water partition coefficient (Wildman–Crippen LogP) is 3.44. The Labute approximate surface area is 156 Å². The Morgan fingerprint density at radius 1 is 1.19 bits per heavy atom. The first kappa shape index (κ1) is 17.3. The summed E-state index contributed by atoms with van der Waals surface area (Å²) in [6.45, 7) is 0.995. The maximum atomic E-state index is 10.4. The molecule has 2 heterocycles. The number of thioether (sulfide) groups is 1. The van der Waals surface area contributed by atoms with Crippen LogP contribution in [0, 0.1) is 0 Å². The second kappa shape index (κ2) is 7.61. The molecular weight excluding hydrogens is 346 g/mol. The first-order chi connectivity index (χ1) is 12.8. The number of hydrogen-bond acceptors (Lipinski definition) is 5. The van der Waals surface area contributed by atoms with Gasteiger partial charge < -0.3 is 9.84 Å². The minimum atomic E-state index is -0.469. The zero-order valence-electron chi connectivity index (χ0n) is 14.6. The lowest BCUT2D eigenvalue weighted by Crippen LogP contribution is -2.11. The summed E-state index contributed by atoms with van der Waals surface area (Å²) in [6.07, 6.45) is 5.91. The van der Waals surface area contributed by atoms with Crippen LogP contribution in [0.2, 0.25) is 0 Å². The van der Waals surface area contributed by atoms with Crippen molar-refractivity contribution in [1.29, 1.82) is 0 Å². The van der Waals surface area contributed by atoms with E-state index in [0.29, 0.717) is 19.6 Å². The lowest BCUT2D eigenvalue weighted by molar-refractivity contribution is 0.118. The maximum Gasteiger partial charge on any atom is 0.137 e. The molecule has 26 heavy (non-hydrogen) atoms. The second-order valence-corrected chi connectivity index (χ2v) is 7.20. The topological polar surface area (TPSA) is 59.7 Å². The number of aromatic nitrogens is 3. The van der Waals surface area contributed by atoms with Crippen LogP contribution in [0.25, 0.3) is 5.52 Å². The fourth-order valence-electron chi connectivity index (χ4n) is 3.41. The molecule has 1 aromatic carbocycles. The monoisotopic (exact) mass is 367 g/mol. The van der Waals surface area contributed by atoms with Crippen molar-refractivity contribution < 1.29 is 9.84 Å². The van der Waals surface area contributed by atoms with E-state index in [1.165, 1.54) is 0 Å². The third-order valence-corrected chi connectivity index (χ3v) is 5.42. The van der Waals surface area contributed by atoms with Crippen molar-refractivity contribution in [3.8, 4) is 0 Å². The van der Waals surface area contributed by atoms with Gasteiger partial charge in [-0.15, -0.1) is 11.8 Å². The van der Waals surface area contributed by atoms with E-state index in [-0.39, 0.29) is 5.92 Å². The Balaban J connectivity index is 1.49. The normalized spacial score (nSPS) is 19.8. The van der Waals surface area contributed by atoms with Crippen LogP contribution in [0.1, 0.15) is 23.6 Å². The standard InChI is InChI=1S/C20H21N3O2S/c1-26-20-18-8-7-17(23(18)22-13-21-20)15-9-16(19(24)10-15)12-25-11-14-5-3-2-4-6-14/h2-9,13,15,19,24H,10-12H2,1H3/t15-,19-/m1/s1. The number of fused-ring (bicyclic) bond motifs is 1. The maximum absolute atomic E-state index is 10.4. The van der Waals surface area contributed by atoms with E-state index in [4.69, 9.17) is 4.74 Å². The molecule has 5 nitrogen and oxygen atoms in total. The Morgan fingerprint density at radius 2 is 2.04 bits per heavy atom. The Hall–Kier alpha value is -2.15. The number of nitrogens with zero attached hydrogens (tertiary/aromatic N) is 3. The minimum absolute atomic E-state index is 0.132. The van der Waals surface area contributed by atoms with Crippen LogP contribution in [0.5, 0.6) is 0 Å². The molecule has 1 N–H and O–H groups in total. The molecule has 4 rings (SSSR count). The van der Waals surface area contributed by atoms with Crippen molar-refractivity contribution >= 4 is 17.3 Å². The Morgan fingerprint density at radius 3 is 2.85 bits per heavy atom. The molecule has 0 radical (unpaired) electrons. The third-order valence-electron chi connectivity index (χ3n) is 4.72. The van der Waals surface area contributed by atoms with Crippen molar-refractivity contribution in [2.45, 2.75) is 30.1 Å². The average Bonchev–Trinajstić information content (AvgIpc) is 3.26. The van der Waals surface area contributed by atoms with Crippen LogP contribution < -0.4 is 0 Å². The van der Waals surface area contributed by atoms with Gasteiger partial charge in [-0.3, -0.25) is 0 Å². The van der Waals surface area contributed by atoms with E-state index in [2.05, 4.69) is 22.2 Å². The van der Waals surface area contributed by atoms with Crippen LogP contribution in [-0.4, -0.2) is 38.7 Å². The fraction of sp³-hybridized carbons (Fsp3) is 0.300. The van der Waals surface area contributed by atoms with Crippen molar-refractivity contribution in [1.82, 2.24) is 14.6 Å². The van der Waals surface area contributed by atoms with Crippen LogP contribution in [0.3, 0.4) is 0 Å². The summed E-state index contributed by atoms with van der Waals surface area (Å²) in [5.41, 5.74) is 4.16. The van der Waals surface area contributed by atoms with Gasteiger partial charge in [0.05, 0.1) is 24.8 Å². The van der Waals surface area contributed by atoms with Crippen LogP contribution in [0.4, 0.5) is 0 Å². The van der Waals surface area contributed by atoms with E-state index in [1.807, 2.05) is 47.2 Å². The van der Waals surface area contributed by atoms with Gasteiger partial charge in [0, 0.05) is 11.6 Å². The highest BCUT2D eigenvalue weighted by atomic mass is 32.2. The van der Waals surface area contributed by atoms with Gasteiger partial charge >= 0.3 is 0 Å². The number of aliphatic hydroxyl groups is 1. The van der Waals surface area contributed by atoms with Crippen molar-refractivity contribution in [2.75, 3.05) is 12.9 Å². The molecule has 6 heteroatoms. The molecule has 0 unspecified atom stereocenters. The summed E-state index contributed by atoms with van der Waals surface area (Å²) < 4.78 is 7.73. The molecule has 3 aromatic rings. The molecule has 0 saturated heterocycles. The highest BCUT2D eigenvalue weighted by Crippen LogP contribution is 2.34. The van der Waals surface area contributed by atoms with Crippen LogP contribution in [-0.2, 0) is 11.3 Å². The van der Waals surface area contributed by atoms with Gasteiger partial charge in [-0.25, -0.2) is 9.50 Å². The molecular formula is C20H21N3O2S. The highest BCUT2D eigenvalue weighted by molar-refractivity contribution is 7.98. The molecule has 2 aromatic heterocycles. The zero-order valence-corrected chi connectivity index (χ0v) is 15.4. The number of hydrogen-bond donors (Lipinski definition) is 1. The largest absolute Gasteiger partial charge is 0.389 e. The third kappa shape index (κ3) is 3.40. The minimum Gasteiger partial charge on any atom is -0.389 e. The van der Waals surface area contributed by atoms with Crippen molar-refractivity contribution in [3.63, 3.8) is 0 Å². The van der Waals surface area contributed by atoms with Crippen LogP contribution in [0.15, 0.2) is 65.5 Å². The average molecular weight is 367 g/mol. The number of rotatable bonds is 6. The summed E-state index contributed by atoms with van der Waals surface area (Å²) in [6, 6.07) is 14.2. The van der Waals surface area contributed by atoms with E-state index in [0.717, 1.165) is 27.4 Å². The lowest BCUT2D eigenvalue weighted by Gasteiger charge is -2.10. The summed E-state index contributed by atoms with van der Waals surface area (Å²) in [5.74, 6) is 0.132. The van der Waals surface area contributed by atoms with E-state index >= 15 is 0 Å². The predicted molar refractivity (Wildman–Crippen MR) is 102 cm³/mol. The fourth-order valence-corrected chi connectivity index (χ4v) is 3.93. The summed E-state index contributed by atoms with van der Waals surface area (Å²) >= 11 is 1.61. The first-order valence-electron chi connectivity index (χ1n) is 8.63. The zero-order chi connectivity index (χ0) is 17.9. The molecule has 1 aliphatic rings. The Bertz CT molecular complexity index is 923. The number of benzene rings is 1. The van der Waals surface area contributed by atoms with Gasteiger partial charge in [0.1, 0.15) is 11.4 Å². The number of allylic oxidation sites excluding steroid dienone is 1. The summed E-state index contributed by atoms with van der Waals surface area (Å²) in [7, 11) is 0. The first-order valence-corrected chi connectivity index (χ1v) is 9.85. The molecule has 0 bridgehead atoms. The second-order valence-electron chi connectivity index (χ2n) is 6.40. The SMILES string of the molecule is CSc1ncnn2c([C@@H]3C=C(COCc4ccccc4)[C@H](O)C3)ccc12. The molecule has 0 fully saturated rings. The van der Waals surface area contributed by atoms with Gasteiger partial charge in [0.2, 0.25) is 0 Å². The van der Waals surface area contributed by atoms with Gasteiger partial charge in [-0.2, -0.15) is 5.10 Å². The highest BCUT2D eigenvalue weighted by Gasteiger charge is 2.28. The molecule has 2 atom stereocenters. The summed E-state index contributed by atoms with van der Waals surface area (Å²) in [4.78, 5) is 4.31. The van der Waals surface area contributed by atoms with Gasteiger partial charge in [-0.05, 0) is 35.9 Å². The molecule has 0 saturated carbocycles. The van der Waals surface area contributed by atoms with E-state index < -0.39 is 6.10 Å². The molecule has 1 aliphatic carbocycles. The van der Waals surface area contributed by atoms with Gasteiger partial charge in [0.25, 0.3) is 0 Å². The van der Waals surface area contributed by atoms with Gasteiger partial charge in [0.15, 0.2) is 0 Å². The summed E-state index contributed by atoms with van der Waals surface area (Å²) in [5, 5.41) is 15.8. The smallest absolute Gasteiger partial charge is 0.137 e. The quantitative estimate of drug-likeness (QED) is 0.534. The Kier molecular flexibility index (Phi) is 5.06. The number of aliphatic hydroxyl groups excluding tert-OH is 1. The van der Waals surface area contributed by atoms with E-state index in [9.17, 15) is 5.11 Å². The van der Waals surface area contributed by atoms with Crippen molar-refractivity contribution in [2.24, 2.45) is 0 Å². The van der Waals surface area contributed by atoms with Gasteiger partial charge in [-0.1, -0.05) is 36.4 Å². The number of ether oxygens (including phenoxy) is 1. The van der Waals surface area contributed by atoms with Crippen LogP contribution >= 0.6 is 11.8 Å². The molecule has 0 amide bonds. The molecule has 0 spiro atoms. The lowest BCUT2D eigenvalue weighted by atomic mass is 10.1.